The number of hydrogen-bond acceptors (Lipinski definition) is 17. The molecule has 4 aromatic rings. The zero-order valence-electron chi connectivity index (χ0n) is 20.1. The highest BCUT2D eigenvalue weighted by molar-refractivity contribution is 7.47. The van der Waals surface area contributed by atoms with Crippen LogP contribution in [0.3, 0.4) is 0 Å². The van der Waals surface area contributed by atoms with Crippen molar-refractivity contribution in [3.63, 3.8) is 0 Å². The average Bonchev–Trinajstić information content (AvgIpc) is 3.49. The molecule has 4 aromatic heterocycles. The van der Waals surface area contributed by atoms with Gasteiger partial charge in [0.2, 0.25) is 5.95 Å². The van der Waals surface area contributed by atoms with Gasteiger partial charge in [0.1, 0.15) is 42.4 Å². The van der Waals surface area contributed by atoms with E-state index in [1.165, 1.54) is 17.2 Å². The Kier molecular flexibility index (Phi) is 7.44. The zero-order valence-corrected chi connectivity index (χ0v) is 21.0. The monoisotopic (exact) mass is 582 g/mol. The number of aromatic amines is 1. The fraction of sp³-hybridized carbons (Fsp3) is 0.421. The predicted molar refractivity (Wildman–Crippen MR) is 131 cm³/mol. The molecule has 0 saturated carbocycles. The highest BCUT2D eigenvalue weighted by Crippen LogP contribution is 2.52. The maximum Gasteiger partial charge on any atom is 0.472 e. The molecule has 2 fully saturated rings. The Morgan fingerprint density at radius 3 is 2.70 bits per heavy atom. The third-order valence-corrected chi connectivity index (χ3v) is 6.92. The SMILES string of the molecule is Nc1nc2ncc([C@H](O)[C@H](O)CO)nc2c(=O)[nH]1.Nc1ncnc2c1ncn2[C@@H]1O[C@@H]2COP(=O)(O)O[C@H]2[C@H]1O. The van der Waals surface area contributed by atoms with Crippen molar-refractivity contribution in [2.75, 3.05) is 24.7 Å². The van der Waals surface area contributed by atoms with Gasteiger partial charge in [0.15, 0.2) is 28.9 Å². The summed E-state index contributed by atoms with van der Waals surface area (Å²) >= 11 is 0. The lowest BCUT2D eigenvalue weighted by molar-refractivity contribution is -0.0664. The van der Waals surface area contributed by atoms with Gasteiger partial charge in [-0.15, -0.1) is 0 Å². The van der Waals surface area contributed by atoms with Crippen LogP contribution in [-0.2, 0) is 18.3 Å². The van der Waals surface area contributed by atoms with Crippen LogP contribution < -0.4 is 17.0 Å². The van der Waals surface area contributed by atoms with E-state index in [4.69, 9.17) is 25.8 Å². The van der Waals surface area contributed by atoms with E-state index in [-0.39, 0.29) is 35.2 Å². The Bertz CT molecular complexity index is 1650. The number of imidazole rings is 1. The van der Waals surface area contributed by atoms with Gasteiger partial charge < -0.3 is 41.5 Å². The quantitative estimate of drug-likeness (QED) is 0.110. The van der Waals surface area contributed by atoms with E-state index in [1.807, 2.05) is 0 Å². The Morgan fingerprint density at radius 1 is 1.18 bits per heavy atom. The Balaban J connectivity index is 0.000000165. The smallest absolute Gasteiger partial charge is 0.394 e. The van der Waals surface area contributed by atoms with Crippen molar-refractivity contribution >= 4 is 41.9 Å². The number of nitrogens with one attached hydrogen (secondary N) is 1. The van der Waals surface area contributed by atoms with E-state index in [0.717, 1.165) is 6.20 Å². The number of hydrogen-bond donors (Lipinski definition) is 8. The van der Waals surface area contributed by atoms with E-state index in [0.29, 0.717) is 11.2 Å². The number of phosphoric acid groups is 1. The van der Waals surface area contributed by atoms with Crippen molar-refractivity contribution in [3.05, 3.63) is 34.9 Å². The molecule has 0 bridgehead atoms. The molecule has 0 aliphatic carbocycles. The molecule has 0 radical (unpaired) electrons. The number of rotatable bonds is 4. The minimum atomic E-state index is -4.16. The molecule has 6 heterocycles. The minimum absolute atomic E-state index is 0.0330. The number of aliphatic hydroxyl groups is 4. The molecular weight excluding hydrogens is 559 g/mol. The summed E-state index contributed by atoms with van der Waals surface area (Å²) in [4.78, 5) is 46.5. The first-order chi connectivity index (χ1) is 19.0. The number of phosphoric ester groups is 1. The fourth-order valence-corrected chi connectivity index (χ4v) is 4.97. The standard InChI is InChI=1S/C10H12N5O6P.C9H11N5O4/c11-8-5-9(13-2-12-8)15(3-14-5)10-6(16)7-4(20-10)1-19-22(17,18)21-7;10-9-13-7-5(8(18)14-9)12-3(1-11-7)6(17)4(16)2-15/h2-4,6-7,10,16H,1H2,(H,17,18)(H2,11,12,13);1,4,6,15-17H,2H2,(H3,10,11,13,14,18)/t4-,6-,7-,10-;4-,6+/m11/s1. The number of aliphatic hydroxyl groups excluding tert-OH is 4. The molecule has 21 heteroatoms. The molecule has 0 amide bonds. The van der Waals surface area contributed by atoms with E-state index >= 15 is 0 Å². The first-order valence-corrected chi connectivity index (χ1v) is 12.9. The number of aromatic nitrogens is 8. The predicted octanol–water partition coefficient (Wildman–Crippen LogP) is -3.14. The van der Waals surface area contributed by atoms with Crippen LogP contribution in [0.4, 0.5) is 11.8 Å². The van der Waals surface area contributed by atoms with Gasteiger partial charge in [-0.25, -0.2) is 29.5 Å². The third kappa shape index (κ3) is 5.22. The van der Waals surface area contributed by atoms with Gasteiger partial charge >= 0.3 is 7.82 Å². The number of anilines is 2. The lowest BCUT2D eigenvalue weighted by Gasteiger charge is -2.27. The van der Waals surface area contributed by atoms with Crippen LogP contribution in [0.1, 0.15) is 18.0 Å². The number of nitrogens with two attached hydrogens (primary N) is 2. The van der Waals surface area contributed by atoms with Gasteiger partial charge in [0.05, 0.1) is 31.4 Å². The third-order valence-electron chi connectivity index (χ3n) is 5.94. The molecule has 2 aliphatic heterocycles. The second-order valence-corrected chi connectivity index (χ2v) is 9.99. The van der Waals surface area contributed by atoms with E-state index in [2.05, 4.69) is 39.4 Å². The van der Waals surface area contributed by atoms with Crippen LogP contribution in [0.25, 0.3) is 22.3 Å². The van der Waals surface area contributed by atoms with Crippen LogP contribution in [0.15, 0.2) is 23.6 Å². The lowest BCUT2D eigenvalue weighted by atomic mass is 10.1. The largest absolute Gasteiger partial charge is 0.472 e. The maximum atomic E-state index is 11.5. The van der Waals surface area contributed by atoms with Crippen molar-refractivity contribution < 1.29 is 43.7 Å². The Hall–Kier alpha value is -3.72. The molecule has 0 aromatic carbocycles. The number of ether oxygens (including phenoxy) is 1. The highest BCUT2D eigenvalue weighted by atomic mass is 31.2. The van der Waals surface area contributed by atoms with Gasteiger partial charge in [-0.05, 0) is 0 Å². The molecule has 6 rings (SSSR count). The van der Waals surface area contributed by atoms with E-state index in [1.54, 1.807) is 0 Å². The maximum absolute atomic E-state index is 11.5. The average molecular weight is 582 g/mol. The number of nitrogens with zero attached hydrogens (tertiary/aromatic N) is 7. The van der Waals surface area contributed by atoms with Gasteiger partial charge in [0, 0.05) is 0 Å². The van der Waals surface area contributed by atoms with E-state index < -0.39 is 56.7 Å². The summed E-state index contributed by atoms with van der Waals surface area (Å²) in [6.07, 6.45) is -2.76. The van der Waals surface area contributed by atoms with Crippen molar-refractivity contribution in [3.8, 4) is 0 Å². The molecule has 40 heavy (non-hydrogen) atoms. The van der Waals surface area contributed by atoms with Crippen molar-refractivity contribution in [1.82, 2.24) is 39.5 Å². The second kappa shape index (κ2) is 10.7. The van der Waals surface area contributed by atoms with Gasteiger partial charge in [-0.1, -0.05) is 0 Å². The molecule has 214 valence electrons. The summed E-state index contributed by atoms with van der Waals surface area (Å²) in [5.74, 6) is 0.110. The Labute approximate surface area is 221 Å². The number of nitrogen functional groups attached to an aromatic ring is 2. The molecule has 1 unspecified atom stereocenters. The van der Waals surface area contributed by atoms with Crippen molar-refractivity contribution in [2.24, 2.45) is 0 Å². The first-order valence-electron chi connectivity index (χ1n) is 11.4. The molecule has 2 saturated heterocycles. The number of H-pyrrole nitrogens is 1. The first kappa shape index (κ1) is 27.8. The summed E-state index contributed by atoms with van der Waals surface area (Å²) in [5, 5.41) is 38.0. The summed E-state index contributed by atoms with van der Waals surface area (Å²) in [6, 6.07) is 0. The fourth-order valence-electron chi connectivity index (χ4n) is 4.01. The van der Waals surface area contributed by atoms with Crippen LogP contribution in [0, 0.1) is 0 Å². The normalized spacial score (nSPS) is 27.6. The second-order valence-electron chi connectivity index (χ2n) is 8.59. The zero-order chi connectivity index (χ0) is 28.8. The van der Waals surface area contributed by atoms with Crippen LogP contribution >= 0.6 is 7.82 Å². The van der Waals surface area contributed by atoms with Gasteiger partial charge in [0.25, 0.3) is 5.56 Å². The molecule has 2 aliphatic rings. The molecular formula is C19H23N10O10P. The van der Waals surface area contributed by atoms with Crippen LogP contribution in [-0.4, -0.2) is 102 Å². The van der Waals surface area contributed by atoms with Crippen LogP contribution in [0.2, 0.25) is 0 Å². The highest BCUT2D eigenvalue weighted by Gasteiger charge is 2.52. The summed E-state index contributed by atoms with van der Waals surface area (Å²) in [7, 11) is -4.16. The lowest BCUT2D eigenvalue weighted by Crippen LogP contribution is -2.39. The molecule has 10 N–H and O–H groups in total. The number of fused-ring (bicyclic) bond motifs is 3. The van der Waals surface area contributed by atoms with Crippen LogP contribution in [0.5, 0.6) is 0 Å². The summed E-state index contributed by atoms with van der Waals surface area (Å²) in [6.45, 7) is -0.799. The molecule has 7 atom stereocenters. The van der Waals surface area contributed by atoms with E-state index in [9.17, 15) is 29.6 Å². The summed E-state index contributed by atoms with van der Waals surface area (Å²) < 4.78 is 28.2. The Morgan fingerprint density at radius 2 is 1.95 bits per heavy atom. The van der Waals surface area contributed by atoms with Crippen molar-refractivity contribution in [2.45, 2.75) is 36.7 Å². The minimum Gasteiger partial charge on any atom is -0.394 e. The van der Waals surface area contributed by atoms with Gasteiger partial charge in [-0.3, -0.25) is 23.4 Å². The summed E-state index contributed by atoms with van der Waals surface area (Å²) in [5.41, 5.74) is 11.1. The molecule has 20 nitrogen and oxygen atoms in total. The van der Waals surface area contributed by atoms with Crippen molar-refractivity contribution in [1.29, 1.82) is 0 Å². The molecule has 0 spiro atoms. The van der Waals surface area contributed by atoms with Gasteiger partial charge in [-0.2, -0.15) is 4.98 Å². The topological polar surface area (TPSA) is 313 Å².